The SMILES string of the molecule is COc1ccccc1C=CCN(CCN1CCN(C(=O)c2ccccc2F)CC1)C(=O)c1ccc(C)cc1. The number of rotatable bonds is 9. The summed E-state index contributed by atoms with van der Waals surface area (Å²) >= 11 is 0. The van der Waals surface area contributed by atoms with Crippen molar-refractivity contribution in [2.45, 2.75) is 6.92 Å². The fourth-order valence-electron chi connectivity index (χ4n) is 4.51. The van der Waals surface area contributed by atoms with Gasteiger partial charge in [-0.1, -0.05) is 60.2 Å². The Morgan fingerprint density at radius 2 is 1.63 bits per heavy atom. The lowest BCUT2D eigenvalue weighted by atomic mass is 10.1. The average Bonchev–Trinajstić information content (AvgIpc) is 2.95. The van der Waals surface area contributed by atoms with E-state index in [9.17, 15) is 14.0 Å². The molecule has 1 heterocycles. The standard InChI is InChI=1S/C31H34FN3O3/c1-24-13-15-26(16-14-24)30(36)34(17-7-9-25-8-3-6-12-29(25)38-2)21-18-33-19-22-35(23-20-33)31(37)27-10-4-5-11-28(27)32/h3-16H,17-23H2,1-2H3. The topological polar surface area (TPSA) is 53.1 Å². The van der Waals surface area contributed by atoms with E-state index in [0.29, 0.717) is 51.4 Å². The van der Waals surface area contributed by atoms with Crippen LogP contribution in [0.3, 0.4) is 0 Å². The Kier molecular flexibility index (Phi) is 9.27. The third-order valence-electron chi connectivity index (χ3n) is 6.80. The Labute approximate surface area is 223 Å². The summed E-state index contributed by atoms with van der Waals surface area (Å²) < 4.78 is 19.5. The molecule has 0 radical (unpaired) electrons. The van der Waals surface area contributed by atoms with E-state index in [4.69, 9.17) is 4.74 Å². The number of carbonyl (C=O) groups excluding carboxylic acids is 2. The van der Waals surface area contributed by atoms with E-state index in [0.717, 1.165) is 16.9 Å². The largest absolute Gasteiger partial charge is 0.496 e. The first-order valence-electron chi connectivity index (χ1n) is 12.9. The number of piperazine rings is 1. The molecule has 38 heavy (non-hydrogen) atoms. The first kappa shape index (κ1) is 27.1. The van der Waals surface area contributed by atoms with Crippen molar-refractivity contribution in [1.29, 1.82) is 0 Å². The van der Waals surface area contributed by atoms with Gasteiger partial charge in [0.2, 0.25) is 0 Å². The molecule has 1 aliphatic heterocycles. The highest BCUT2D eigenvalue weighted by Gasteiger charge is 2.24. The summed E-state index contributed by atoms with van der Waals surface area (Å²) in [5.74, 6) is -0.0159. The number of hydrogen-bond acceptors (Lipinski definition) is 4. The molecule has 1 fully saturated rings. The number of amides is 2. The van der Waals surface area contributed by atoms with E-state index in [1.54, 1.807) is 24.1 Å². The number of halogens is 1. The molecule has 1 saturated heterocycles. The van der Waals surface area contributed by atoms with Crippen molar-refractivity contribution >= 4 is 17.9 Å². The second kappa shape index (κ2) is 13.0. The molecule has 198 valence electrons. The van der Waals surface area contributed by atoms with Gasteiger partial charge in [0.15, 0.2) is 0 Å². The minimum absolute atomic E-state index is 0.0250. The summed E-state index contributed by atoms with van der Waals surface area (Å²) in [7, 11) is 1.64. The van der Waals surface area contributed by atoms with Gasteiger partial charge in [-0.3, -0.25) is 14.5 Å². The first-order valence-corrected chi connectivity index (χ1v) is 12.9. The monoisotopic (exact) mass is 515 g/mol. The van der Waals surface area contributed by atoms with Crippen LogP contribution in [0.15, 0.2) is 78.9 Å². The fraction of sp³-hybridized carbons (Fsp3) is 0.290. The Bertz CT molecular complexity index is 1270. The lowest BCUT2D eigenvalue weighted by Gasteiger charge is -2.36. The molecule has 6 nitrogen and oxygen atoms in total. The van der Waals surface area contributed by atoms with Gasteiger partial charge in [0.25, 0.3) is 11.8 Å². The molecule has 4 rings (SSSR count). The van der Waals surface area contributed by atoms with Crippen molar-refractivity contribution < 1.29 is 18.7 Å². The second-order valence-electron chi connectivity index (χ2n) is 9.38. The van der Waals surface area contributed by atoms with Crippen LogP contribution in [0.4, 0.5) is 4.39 Å². The molecule has 0 spiro atoms. The zero-order valence-electron chi connectivity index (χ0n) is 22.0. The predicted molar refractivity (Wildman–Crippen MR) is 148 cm³/mol. The zero-order chi connectivity index (χ0) is 26.9. The Balaban J connectivity index is 1.38. The summed E-state index contributed by atoms with van der Waals surface area (Å²) in [6, 6.07) is 21.5. The lowest BCUT2D eigenvalue weighted by Crippen LogP contribution is -2.50. The van der Waals surface area contributed by atoms with Crippen LogP contribution in [0.5, 0.6) is 5.75 Å². The van der Waals surface area contributed by atoms with Gasteiger partial charge in [0, 0.05) is 56.9 Å². The Hall–Kier alpha value is -3.97. The maximum atomic E-state index is 14.1. The number of hydrogen-bond donors (Lipinski definition) is 0. The van der Waals surface area contributed by atoms with Crippen molar-refractivity contribution in [2.24, 2.45) is 0 Å². The van der Waals surface area contributed by atoms with Crippen LogP contribution in [0.2, 0.25) is 0 Å². The maximum Gasteiger partial charge on any atom is 0.256 e. The number of ether oxygens (including phenoxy) is 1. The van der Waals surface area contributed by atoms with E-state index in [-0.39, 0.29) is 17.4 Å². The quantitative estimate of drug-likeness (QED) is 0.413. The summed E-state index contributed by atoms with van der Waals surface area (Å²) in [5, 5.41) is 0. The van der Waals surface area contributed by atoms with Gasteiger partial charge in [-0.25, -0.2) is 4.39 Å². The molecule has 7 heteroatoms. The van der Waals surface area contributed by atoms with Gasteiger partial charge in [-0.2, -0.15) is 0 Å². The number of benzene rings is 3. The van der Waals surface area contributed by atoms with Gasteiger partial charge in [0.05, 0.1) is 12.7 Å². The van der Waals surface area contributed by atoms with Crippen molar-refractivity contribution in [1.82, 2.24) is 14.7 Å². The highest BCUT2D eigenvalue weighted by molar-refractivity contribution is 5.95. The zero-order valence-corrected chi connectivity index (χ0v) is 22.0. The molecule has 0 aliphatic carbocycles. The third-order valence-corrected chi connectivity index (χ3v) is 6.80. The van der Waals surface area contributed by atoms with Crippen LogP contribution >= 0.6 is 0 Å². The van der Waals surface area contributed by atoms with E-state index in [1.807, 2.05) is 72.5 Å². The molecule has 0 N–H and O–H groups in total. The normalized spacial score (nSPS) is 14.0. The third kappa shape index (κ3) is 6.86. The number of aryl methyl sites for hydroxylation is 1. The second-order valence-corrected chi connectivity index (χ2v) is 9.38. The van der Waals surface area contributed by atoms with E-state index < -0.39 is 5.82 Å². The molecule has 0 atom stereocenters. The average molecular weight is 516 g/mol. The van der Waals surface area contributed by atoms with Crippen LogP contribution in [0, 0.1) is 12.7 Å². The summed E-state index contributed by atoms with van der Waals surface area (Å²) in [4.78, 5) is 31.9. The molecular weight excluding hydrogens is 481 g/mol. The molecule has 3 aromatic carbocycles. The van der Waals surface area contributed by atoms with Crippen LogP contribution in [0.1, 0.15) is 31.8 Å². The number of para-hydroxylation sites is 1. The molecule has 0 unspecified atom stereocenters. The van der Waals surface area contributed by atoms with Crippen LogP contribution < -0.4 is 4.74 Å². The van der Waals surface area contributed by atoms with Crippen LogP contribution in [0.25, 0.3) is 6.08 Å². The molecular formula is C31H34FN3O3. The van der Waals surface area contributed by atoms with E-state index >= 15 is 0 Å². The van der Waals surface area contributed by atoms with Gasteiger partial charge < -0.3 is 14.5 Å². The Morgan fingerprint density at radius 1 is 0.947 bits per heavy atom. The van der Waals surface area contributed by atoms with Crippen LogP contribution in [-0.2, 0) is 0 Å². The smallest absolute Gasteiger partial charge is 0.256 e. The molecule has 0 saturated carbocycles. The van der Waals surface area contributed by atoms with Crippen molar-refractivity contribution in [3.63, 3.8) is 0 Å². The molecule has 2 amide bonds. The molecule has 0 aromatic heterocycles. The van der Waals surface area contributed by atoms with Crippen LogP contribution in [-0.4, -0.2) is 79.4 Å². The fourth-order valence-corrected chi connectivity index (χ4v) is 4.51. The molecule has 3 aromatic rings. The van der Waals surface area contributed by atoms with Gasteiger partial charge in [0.1, 0.15) is 11.6 Å². The Morgan fingerprint density at radius 3 is 2.34 bits per heavy atom. The van der Waals surface area contributed by atoms with Gasteiger partial charge in [-0.05, 0) is 37.3 Å². The highest BCUT2D eigenvalue weighted by atomic mass is 19.1. The number of carbonyl (C=O) groups is 2. The molecule has 1 aliphatic rings. The van der Waals surface area contributed by atoms with Gasteiger partial charge >= 0.3 is 0 Å². The highest BCUT2D eigenvalue weighted by Crippen LogP contribution is 2.19. The van der Waals surface area contributed by atoms with Crippen molar-refractivity contribution in [2.75, 3.05) is 52.9 Å². The first-order chi connectivity index (χ1) is 18.5. The maximum absolute atomic E-state index is 14.1. The predicted octanol–water partition coefficient (Wildman–Crippen LogP) is 4.76. The summed E-state index contributed by atoms with van der Waals surface area (Å²) in [6.45, 7) is 6.06. The van der Waals surface area contributed by atoms with Crippen molar-refractivity contribution in [3.05, 3.63) is 107 Å². The minimum Gasteiger partial charge on any atom is -0.496 e. The minimum atomic E-state index is -0.494. The number of nitrogens with zero attached hydrogens (tertiary/aromatic N) is 3. The van der Waals surface area contributed by atoms with Gasteiger partial charge in [-0.15, -0.1) is 0 Å². The van der Waals surface area contributed by atoms with E-state index in [1.165, 1.54) is 12.1 Å². The van der Waals surface area contributed by atoms with Crippen molar-refractivity contribution in [3.8, 4) is 5.75 Å². The molecule has 0 bridgehead atoms. The lowest BCUT2D eigenvalue weighted by molar-refractivity contribution is 0.0606. The van der Waals surface area contributed by atoms with E-state index in [2.05, 4.69) is 4.90 Å². The number of methoxy groups -OCH3 is 1. The summed E-state index contributed by atoms with van der Waals surface area (Å²) in [5.41, 5.74) is 2.82. The summed E-state index contributed by atoms with van der Waals surface area (Å²) in [6.07, 6.45) is 3.95.